The summed E-state index contributed by atoms with van der Waals surface area (Å²) in [6, 6.07) is 0. The molecule has 0 fully saturated rings. The first kappa shape index (κ1) is 18.7. The van der Waals surface area contributed by atoms with Crippen molar-refractivity contribution in [2.45, 2.75) is 38.2 Å². The van der Waals surface area contributed by atoms with Crippen molar-refractivity contribution in [2.75, 3.05) is 6.61 Å². The van der Waals surface area contributed by atoms with Crippen LogP contribution in [0, 0.1) is 0 Å². The first-order chi connectivity index (χ1) is 8.19. The quantitative estimate of drug-likeness (QED) is 0.414. The molecule has 8 heteroatoms. The topological polar surface area (TPSA) is 152 Å². The summed E-state index contributed by atoms with van der Waals surface area (Å²) in [5.41, 5.74) is -2.74. The molecule has 0 amide bonds. The predicted molar refractivity (Wildman–Crippen MR) is 59.1 cm³/mol. The van der Waals surface area contributed by atoms with Crippen LogP contribution in [0.4, 0.5) is 0 Å². The number of aliphatic hydroxyl groups excluding tert-OH is 1. The van der Waals surface area contributed by atoms with Crippen molar-refractivity contribution in [3.05, 3.63) is 0 Å². The predicted octanol–water partition coefficient (Wildman–Crippen LogP) is -0.470. The molecule has 0 aliphatic carbocycles. The zero-order valence-electron chi connectivity index (χ0n) is 10.00. The van der Waals surface area contributed by atoms with Crippen LogP contribution in [0.25, 0.3) is 0 Å². The summed E-state index contributed by atoms with van der Waals surface area (Å²) in [4.78, 5) is 30.5. The van der Waals surface area contributed by atoms with Gasteiger partial charge in [-0.1, -0.05) is 13.3 Å². The fourth-order valence-electron chi connectivity index (χ4n) is 0.872. The van der Waals surface area contributed by atoms with E-state index < -0.39 is 36.4 Å². The second kappa shape index (κ2) is 9.37. The Morgan fingerprint density at radius 2 is 1.39 bits per heavy atom. The van der Waals surface area contributed by atoms with Crippen molar-refractivity contribution < 1.29 is 39.9 Å². The van der Waals surface area contributed by atoms with E-state index in [0.29, 0.717) is 6.61 Å². The molecule has 0 aliphatic rings. The number of carboxylic acids is 3. The fraction of sp³-hybridized carbons (Fsp3) is 0.700. The first-order valence-electron chi connectivity index (χ1n) is 5.19. The molecule has 0 aromatic heterocycles. The van der Waals surface area contributed by atoms with E-state index in [9.17, 15) is 14.4 Å². The molecule has 0 saturated heterocycles. The average Bonchev–Trinajstić information content (AvgIpc) is 2.16. The summed E-state index contributed by atoms with van der Waals surface area (Å²) < 4.78 is 0. The Morgan fingerprint density at radius 3 is 1.50 bits per heavy atom. The number of aliphatic hydroxyl groups is 2. The van der Waals surface area contributed by atoms with Gasteiger partial charge in [-0.05, 0) is 6.42 Å². The molecule has 0 unspecified atom stereocenters. The standard InChI is InChI=1S/C6H8O7.C4H10O/c7-3(8)1-6(13,5(11)12)2-4(9)10;1-2-3-4-5/h13H,1-2H2,(H,7,8)(H,9,10)(H,11,12);5H,2-4H2,1H3. The van der Waals surface area contributed by atoms with Crippen LogP contribution in [-0.4, -0.2) is 55.6 Å². The molecule has 0 aliphatic heterocycles. The van der Waals surface area contributed by atoms with E-state index in [1.165, 1.54) is 0 Å². The Morgan fingerprint density at radius 1 is 1.00 bits per heavy atom. The maximum Gasteiger partial charge on any atom is 0.336 e. The van der Waals surface area contributed by atoms with Crippen LogP contribution >= 0.6 is 0 Å². The maximum atomic E-state index is 10.3. The van der Waals surface area contributed by atoms with Gasteiger partial charge in [0, 0.05) is 6.61 Å². The van der Waals surface area contributed by atoms with Gasteiger partial charge in [-0.25, -0.2) is 4.79 Å². The molecule has 5 N–H and O–H groups in total. The van der Waals surface area contributed by atoms with Gasteiger partial charge in [-0.15, -0.1) is 0 Å². The van der Waals surface area contributed by atoms with E-state index in [-0.39, 0.29) is 0 Å². The number of aliphatic carboxylic acids is 3. The third-order valence-electron chi connectivity index (χ3n) is 1.80. The van der Waals surface area contributed by atoms with E-state index in [1.807, 2.05) is 0 Å². The third kappa shape index (κ3) is 9.55. The van der Waals surface area contributed by atoms with Crippen LogP contribution in [0.2, 0.25) is 0 Å². The summed E-state index contributed by atoms with van der Waals surface area (Å²) >= 11 is 0. The lowest BCUT2D eigenvalue weighted by molar-refractivity contribution is -0.170. The minimum absolute atomic E-state index is 0.344. The van der Waals surface area contributed by atoms with E-state index in [4.69, 9.17) is 25.5 Å². The van der Waals surface area contributed by atoms with Crippen LogP contribution in [-0.2, 0) is 14.4 Å². The van der Waals surface area contributed by atoms with Crippen LogP contribution in [0.15, 0.2) is 0 Å². The lowest BCUT2D eigenvalue weighted by atomic mass is 9.96. The number of carbonyl (C=O) groups is 3. The smallest absolute Gasteiger partial charge is 0.336 e. The number of hydrogen-bond acceptors (Lipinski definition) is 5. The van der Waals surface area contributed by atoms with Gasteiger partial charge in [-0.2, -0.15) is 0 Å². The molecule has 0 spiro atoms. The van der Waals surface area contributed by atoms with Crippen molar-refractivity contribution in [1.29, 1.82) is 0 Å². The monoisotopic (exact) mass is 266 g/mol. The molecule has 0 aromatic carbocycles. The zero-order valence-corrected chi connectivity index (χ0v) is 10.00. The highest BCUT2D eigenvalue weighted by molar-refractivity contribution is 5.88. The molecule has 0 atom stereocenters. The number of rotatable bonds is 7. The van der Waals surface area contributed by atoms with E-state index >= 15 is 0 Å². The van der Waals surface area contributed by atoms with Crippen molar-refractivity contribution in [2.24, 2.45) is 0 Å². The molecule has 106 valence electrons. The second-order valence-corrected chi connectivity index (χ2v) is 3.55. The average molecular weight is 266 g/mol. The third-order valence-corrected chi connectivity index (χ3v) is 1.80. The van der Waals surface area contributed by atoms with Gasteiger partial charge in [0.1, 0.15) is 0 Å². The highest BCUT2D eigenvalue weighted by atomic mass is 16.4. The Balaban J connectivity index is 0. The Labute approximate surface area is 103 Å². The van der Waals surface area contributed by atoms with Gasteiger partial charge in [-0.3, -0.25) is 9.59 Å². The zero-order chi connectivity index (χ0) is 14.8. The summed E-state index contributed by atoms with van der Waals surface area (Å²) in [5.74, 6) is -5.02. The summed E-state index contributed by atoms with van der Waals surface area (Å²) in [5, 5.41) is 41.9. The van der Waals surface area contributed by atoms with Crippen LogP contribution in [0.1, 0.15) is 32.6 Å². The highest BCUT2D eigenvalue weighted by Crippen LogP contribution is 2.15. The maximum absolute atomic E-state index is 10.3. The lowest BCUT2D eigenvalue weighted by Crippen LogP contribution is -2.42. The lowest BCUT2D eigenvalue weighted by Gasteiger charge is -2.18. The van der Waals surface area contributed by atoms with Gasteiger partial charge in [0.15, 0.2) is 5.60 Å². The first-order valence-corrected chi connectivity index (χ1v) is 5.19. The molecule has 0 heterocycles. The SMILES string of the molecule is CCCCO.O=C(O)CC(O)(CC(=O)O)C(=O)O. The van der Waals surface area contributed by atoms with Gasteiger partial charge in [0.2, 0.25) is 0 Å². The van der Waals surface area contributed by atoms with Crippen molar-refractivity contribution >= 4 is 17.9 Å². The molecule has 0 aromatic rings. The minimum Gasteiger partial charge on any atom is -0.481 e. The van der Waals surface area contributed by atoms with Crippen molar-refractivity contribution in [1.82, 2.24) is 0 Å². The molecular formula is C10H18O8. The molecule has 18 heavy (non-hydrogen) atoms. The van der Waals surface area contributed by atoms with E-state index in [2.05, 4.69) is 6.92 Å². The largest absolute Gasteiger partial charge is 0.481 e. The minimum atomic E-state index is -2.74. The van der Waals surface area contributed by atoms with Gasteiger partial charge >= 0.3 is 17.9 Å². The Bertz CT molecular complexity index is 268. The van der Waals surface area contributed by atoms with Crippen LogP contribution in [0.5, 0.6) is 0 Å². The normalized spacial score (nSPS) is 10.2. The molecule has 0 saturated carbocycles. The Kier molecular flexibility index (Phi) is 9.73. The van der Waals surface area contributed by atoms with Crippen LogP contribution < -0.4 is 0 Å². The summed E-state index contributed by atoms with van der Waals surface area (Å²) in [6.07, 6.45) is -0.250. The summed E-state index contributed by atoms with van der Waals surface area (Å²) in [7, 11) is 0. The van der Waals surface area contributed by atoms with Gasteiger partial charge in [0.25, 0.3) is 0 Å². The summed E-state index contributed by atoms with van der Waals surface area (Å²) in [6.45, 7) is 2.40. The van der Waals surface area contributed by atoms with Crippen molar-refractivity contribution in [3.63, 3.8) is 0 Å². The molecule has 0 radical (unpaired) electrons. The molecule has 0 rings (SSSR count). The van der Waals surface area contributed by atoms with E-state index in [1.54, 1.807) is 0 Å². The van der Waals surface area contributed by atoms with Gasteiger partial charge in [0.05, 0.1) is 12.8 Å². The molecule has 0 bridgehead atoms. The van der Waals surface area contributed by atoms with Crippen LogP contribution in [0.3, 0.4) is 0 Å². The molecule has 8 nitrogen and oxygen atoms in total. The highest BCUT2D eigenvalue weighted by Gasteiger charge is 2.40. The molecular weight excluding hydrogens is 248 g/mol. The van der Waals surface area contributed by atoms with E-state index in [0.717, 1.165) is 12.8 Å². The van der Waals surface area contributed by atoms with Crippen molar-refractivity contribution in [3.8, 4) is 0 Å². The number of carboxylic acid groups (broad SMARTS) is 3. The van der Waals surface area contributed by atoms with Gasteiger partial charge < -0.3 is 25.5 Å². The fourth-order valence-corrected chi connectivity index (χ4v) is 0.872. The number of unbranched alkanes of at least 4 members (excludes halogenated alkanes) is 1. The number of hydrogen-bond donors (Lipinski definition) is 5. The second-order valence-electron chi connectivity index (χ2n) is 3.55. The Hall–Kier alpha value is -1.67.